The molecule has 0 unspecified atom stereocenters. The van der Waals surface area contributed by atoms with Gasteiger partial charge in [0, 0.05) is 0 Å². The van der Waals surface area contributed by atoms with Gasteiger partial charge in [0.25, 0.3) is 5.91 Å². The van der Waals surface area contributed by atoms with Crippen LogP contribution >= 0.6 is 11.8 Å². The van der Waals surface area contributed by atoms with Gasteiger partial charge >= 0.3 is 0 Å². The summed E-state index contributed by atoms with van der Waals surface area (Å²) in [6.07, 6.45) is 10.5. The fraction of sp³-hybridized carbons (Fsp3) is 0.429. The molecule has 27 heavy (non-hydrogen) atoms. The predicted octanol–water partition coefficient (Wildman–Crippen LogP) is 4.97. The average Bonchev–Trinajstić information content (AvgIpc) is 3.09. The maximum absolute atomic E-state index is 12.4. The number of nitrogens with one attached hydrogen (secondary N) is 1. The minimum absolute atomic E-state index is 0.116. The molecule has 5 nitrogen and oxygen atoms in total. The van der Waals surface area contributed by atoms with Crippen LogP contribution in [0.2, 0.25) is 0 Å². The van der Waals surface area contributed by atoms with E-state index in [1.165, 1.54) is 48.9 Å². The number of fused-ring (bicyclic) bond motifs is 1. The first-order chi connectivity index (χ1) is 13.1. The van der Waals surface area contributed by atoms with Gasteiger partial charge in [-0.15, -0.1) is 0 Å². The number of rotatable bonds is 4. The monoisotopic (exact) mass is 380 g/mol. The summed E-state index contributed by atoms with van der Waals surface area (Å²) in [5.41, 5.74) is 2.34. The van der Waals surface area contributed by atoms with Crippen molar-refractivity contribution in [3.05, 3.63) is 41.0 Å². The highest BCUT2D eigenvalue weighted by molar-refractivity contribution is 8.26. The summed E-state index contributed by atoms with van der Waals surface area (Å²) in [6, 6.07) is 7.87. The van der Waals surface area contributed by atoms with Gasteiger partial charge in [-0.05, 0) is 49.1 Å². The fourth-order valence-corrected chi connectivity index (χ4v) is 4.67. The van der Waals surface area contributed by atoms with Crippen LogP contribution < -0.4 is 0 Å². The lowest BCUT2D eigenvalue weighted by Crippen LogP contribution is -2.35. The van der Waals surface area contributed by atoms with Crippen LogP contribution in [0.3, 0.4) is 0 Å². The smallest absolute Gasteiger partial charge is 0.282 e. The molecule has 140 valence electrons. The maximum Gasteiger partial charge on any atom is 0.283 e. The minimum Gasteiger partial charge on any atom is -0.282 e. The van der Waals surface area contributed by atoms with Gasteiger partial charge in [0.2, 0.25) is 5.17 Å². The van der Waals surface area contributed by atoms with E-state index in [0.29, 0.717) is 10.7 Å². The van der Waals surface area contributed by atoms with E-state index in [9.17, 15) is 4.79 Å². The number of benzene rings is 1. The number of nitrogens with zero attached hydrogens (tertiary/aromatic N) is 3. The Morgan fingerprint density at radius 3 is 2.70 bits per heavy atom. The largest absolute Gasteiger partial charge is 0.283 e. The molecule has 3 aliphatic rings. The molecule has 1 aliphatic carbocycles. The molecular formula is C21H24N4OS. The van der Waals surface area contributed by atoms with Crippen LogP contribution in [0.4, 0.5) is 0 Å². The number of hydrazone groups is 1. The van der Waals surface area contributed by atoms with Crippen molar-refractivity contribution in [1.29, 1.82) is 5.41 Å². The molecule has 0 aromatic heterocycles. The Bertz CT molecular complexity index is 847. The molecule has 1 fully saturated rings. The number of carbonyl (C=O) groups excluding carboxylic acids is 1. The van der Waals surface area contributed by atoms with Crippen molar-refractivity contribution >= 4 is 39.8 Å². The quantitative estimate of drug-likeness (QED) is 0.749. The van der Waals surface area contributed by atoms with E-state index in [0.717, 1.165) is 34.9 Å². The standard InChI is InChI=1S/C21H24N4OS/c1-14-7-9-16(10-8-14)13-17-19(22)25-21(23-20(17)26)27-18(24-25)12-11-15-5-3-2-4-6-15/h7-10,13,15,22H,2-6,11-12H2,1H3. The first-order valence-corrected chi connectivity index (χ1v) is 10.5. The molecule has 0 atom stereocenters. The minimum atomic E-state index is -0.358. The van der Waals surface area contributed by atoms with Gasteiger partial charge in [-0.1, -0.05) is 61.9 Å². The molecule has 1 aromatic rings. The number of aliphatic imine (C=N–C) groups is 1. The van der Waals surface area contributed by atoms with Crippen molar-refractivity contribution in [1.82, 2.24) is 5.01 Å². The summed E-state index contributed by atoms with van der Waals surface area (Å²) in [6.45, 7) is 2.02. The Morgan fingerprint density at radius 1 is 1.22 bits per heavy atom. The summed E-state index contributed by atoms with van der Waals surface area (Å²) >= 11 is 1.44. The van der Waals surface area contributed by atoms with E-state index in [-0.39, 0.29) is 11.7 Å². The lowest BCUT2D eigenvalue weighted by Gasteiger charge is -2.20. The number of carbonyl (C=O) groups is 1. The van der Waals surface area contributed by atoms with Crippen molar-refractivity contribution in [2.45, 2.75) is 51.9 Å². The molecule has 0 saturated heterocycles. The third-order valence-electron chi connectivity index (χ3n) is 5.38. The second kappa shape index (κ2) is 7.80. The van der Waals surface area contributed by atoms with Crippen LogP contribution in [0.15, 0.2) is 39.9 Å². The van der Waals surface area contributed by atoms with Crippen LogP contribution in [0.1, 0.15) is 56.1 Å². The van der Waals surface area contributed by atoms with Gasteiger partial charge in [-0.3, -0.25) is 10.2 Å². The number of amidine groups is 2. The van der Waals surface area contributed by atoms with Crippen molar-refractivity contribution < 1.29 is 4.79 Å². The second-order valence-corrected chi connectivity index (χ2v) is 8.51. The molecule has 0 spiro atoms. The Hall–Kier alpha value is -2.21. The molecule has 2 heterocycles. The Kier molecular flexibility index (Phi) is 5.25. The number of thioether (sulfide) groups is 1. The van der Waals surface area contributed by atoms with Crippen LogP contribution in [0.5, 0.6) is 0 Å². The van der Waals surface area contributed by atoms with E-state index in [1.807, 2.05) is 31.2 Å². The summed E-state index contributed by atoms with van der Waals surface area (Å²) in [7, 11) is 0. The highest BCUT2D eigenvalue weighted by Crippen LogP contribution is 2.33. The van der Waals surface area contributed by atoms with Gasteiger partial charge < -0.3 is 0 Å². The molecule has 6 heteroatoms. The van der Waals surface area contributed by atoms with Crippen LogP contribution in [-0.4, -0.2) is 27.0 Å². The van der Waals surface area contributed by atoms with E-state index < -0.39 is 0 Å². The molecule has 1 N–H and O–H groups in total. The highest BCUT2D eigenvalue weighted by atomic mass is 32.2. The summed E-state index contributed by atoms with van der Waals surface area (Å²) in [5.74, 6) is 0.550. The van der Waals surface area contributed by atoms with Gasteiger partial charge in [0.05, 0.1) is 5.57 Å². The van der Waals surface area contributed by atoms with Gasteiger partial charge in [0.15, 0.2) is 5.84 Å². The fourth-order valence-electron chi connectivity index (χ4n) is 3.77. The molecule has 2 aliphatic heterocycles. The first kappa shape index (κ1) is 18.2. The highest BCUT2D eigenvalue weighted by Gasteiger charge is 2.35. The normalized spacial score (nSPS) is 22.1. The zero-order chi connectivity index (χ0) is 18.8. The van der Waals surface area contributed by atoms with Gasteiger partial charge in [-0.2, -0.15) is 15.1 Å². The molecule has 0 radical (unpaired) electrons. The lowest BCUT2D eigenvalue weighted by molar-refractivity contribution is -0.114. The summed E-state index contributed by atoms with van der Waals surface area (Å²) in [4.78, 5) is 16.6. The Balaban J connectivity index is 1.48. The van der Waals surface area contributed by atoms with Crippen LogP contribution in [-0.2, 0) is 4.79 Å². The molecular weight excluding hydrogens is 356 g/mol. The third-order valence-corrected chi connectivity index (χ3v) is 6.34. The number of hydrogen-bond acceptors (Lipinski definition) is 4. The van der Waals surface area contributed by atoms with E-state index in [2.05, 4.69) is 10.1 Å². The topological polar surface area (TPSA) is 68.9 Å². The van der Waals surface area contributed by atoms with Crippen molar-refractivity contribution in [2.75, 3.05) is 0 Å². The number of aryl methyl sites for hydroxylation is 1. The van der Waals surface area contributed by atoms with Crippen molar-refractivity contribution in [3.63, 3.8) is 0 Å². The lowest BCUT2D eigenvalue weighted by atomic mass is 9.86. The van der Waals surface area contributed by atoms with E-state index >= 15 is 0 Å². The number of hydrogen-bond donors (Lipinski definition) is 1. The maximum atomic E-state index is 12.4. The Morgan fingerprint density at radius 2 is 1.96 bits per heavy atom. The second-order valence-electron chi connectivity index (χ2n) is 7.47. The predicted molar refractivity (Wildman–Crippen MR) is 112 cm³/mol. The zero-order valence-corrected chi connectivity index (χ0v) is 16.4. The summed E-state index contributed by atoms with van der Waals surface area (Å²) in [5, 5.41) is 16.0. The third kappa shape index (κ3) is 4.05. The molecule has 1 amide bonds. The molecule has 0 bridgehead atoms. The SMILES string of the molecule is Cc1ccc(C=C2C(=N)N3N=C(CCC4CCCCC4)SC3=NC2=O)cc1. The zero-order valence-electron chi connectivity index (χ0n) is 15.6. The van der Waals surface area contributed by atoms with E-state index in [1.54, 1.807) is 6.08 Å². The first-order valence-electron chi connectivity index (χ1n) is 9.66. The van der Waals surface area contributed by atoms with Gasteiger partial charge in [-0.25, -0.2) is 0 Å². The summed E-state index contributed by atoms with van der Waals surface area (Å²) < 4.78 is 0. The molecule has 1 saturated carbocycles. The van der Waals surface area contributed by atoms with Crippen molar-refractivity contribution in [3.8, 4) is 0 Å². The molecule has 4 rings (SSSR count). The van der Waals surface area contributed by atoms with E-state index in [4.69, 9.17) is 5.41 Å². The Labute approximate surface area is 164 Å². The molecule has 1 aromatic carbocycles. The van der Waals surface area contributed by atoms with Crippen LogP contribution in [0.25, 0.3) is 6.08 Å². The van der Waals surface area contributed by atoms with Crippen LogP contribution in [0, 0.1) is 18.3 Å². The number of amides is 1. The average molecular weight is 381 g/mol. The van der Waals surface area contributed by atoms with Gasteiger partial charge in [0.1, 0.15) is 5.04 Å². The van der Waals surface area contributed by atoms with Crippen molar-refractivity contribution in [2.24, 2.45) is 16.0 Å².